The number of anilines is 1. The van der Waals surface area contributed by atoms with E-state index in [0.29, 0.717) is 0 Å². The van der Waals surface area contributed by atoms with E-state index < -0.39 is 0 Å². The Morgan fingerprint density at radius 3 is 2.68 bits per heavy atom. The molecule has 19 heavy (non-hydrogen) atoms. The zero-order valence-corrected chi connectivity index (χ0v) is 12.9. The van der Waals surface area contributed by atoms with E-state index in [-0.39, 0.29) is 0 Å². The molecule has 2 heterocycles. The Hall–Kier alpha value is -0.800. The van der Waals surface area contributed by atoms with E-state index in [9.17, 15) is 0 Å². The van der Waals surface area contributed by atoms with Crippen molar-refractivity contribution in [3.05, 3.63) is 22.8 Å². The fraction of sp³-hybridized carbons (Fsp3) is 0.667. The summed E-state index contributed by atoms with van der Waals surface area (Å²) in [5.41, 5.74) is 1.15. The lowest BCUT2D eigenvalue weighted by Crippen LogP contribution is -2.21. The summed E-state index contributed by atoms with van der Waals surface area (Å²) in [4.78, 5) is 6.85. The van der Waals surface area contributed by atoms with Crippen LogP contribution in [-0.2, 0) is 6.54 Å². The molecule has 2 atom stereocenters. The van der Waals surface area contributed by atoms with Crippen molar-refractivity contribution in [3.63, 3.8) is 0 Å². The summed E-state index contributed by atoms with van der Waals surface area (Å²) in [6, 6.07) is 2.13. The van der Waals surface area contributed by atoms with Crippen molar-refractivity contribution in [2.45, 2.75) is 33.7 Å². The van der Waals surface area contributed by atoms with Crippen LogP contribution in [0.4, 0.5) is 5.82 Å². The Kier molecular flexibility index (Phi) is 5.06. The second-order valence-corrected chi connectivity index (χ2v) is 6.08. The van der Waals surface area contributed by atoms with Gasteiger partial charge in [0.1, 0.15) is 5.82 Å². The molecule has 0 radical (unpaired) electrons. The van der Waals surface area contributed by atoms with Crippen LogP contribution in [0, 0.1) is 11.8 Å². The number of nitrogens with zero attached hydrogens (tertiary/aromatic N) is 2. The van der Waals surface area contributed by atoms with Gasteiger partial charge in [-0.05, 0) is 36.4 Å². The molecule has 106 valence electrons. The fourth-order valence-corrected chi connectivity index (χ4v) is 2.66. The summed E-state index contributed by atoms with van der Waals surface area (Å²) in [7, 11) is 0. The molecule has 1 aliphatic heterocycles. The van der Waals surface area contributed by atoms with Crippen LogP contribution in [0.3, 0.4) is 0 Å². The zero-order valence-electron chi connectivity index (χ0n) is 12.1. The summed E-state index contributed by atoms with van der Waals surface area (Å²) in [6.07, 6.45) is 2.92. The molecule has 0 aromatic carbocycles. The van der Waals surface area contributed by atoms with Crippen molar-refractivity contribution in [1.82, 2.24) is 10.3 Å². The lowest BCUT2D eigenvalue weighted by molar-refractivity contribution is 0.494. The van der Waals surface area contributed by atoms with Crippen molar-refractivity contribution in [1.29, 1.82) is 0 Å². The fourth-order valence-electron chi connectivity index (χ4n) is 2.49. The standard InChI is InChI=1S/C15H24ClN3/c1-4-5-17-7-13-6-15(18-8-14(13)16)19-9-11(2)12(3)10-19/h6,8,11-12,17H,4-5,7,9-10H2,1-3H3. The molecule has 1 aliphatic rings. The molecule has 1 aromatic rings. The molecule has 0 spiro atoms. The Bertz CT molecular complexity index is 412. The first-order valence-electron chi connectivity index (χ1n) is 7.22. The van der Waals surface area contributed by atoms with Crippen LogP contribution in [0.25, 0.3) is 0 Å². The summed E-state index contributed by atoms with van der Waals surface area (Å²) in [5.74, 6) is 2.53. The number of nitrogens with one attached hydrogen (secondary N) is 1. The summed E-state index contributed by atoms with van der Waals surface area (Å²) in [6.45, 7) is 10.8. The monoisotopic (exact) mass is 281 g/mol. The first-order chi connectivity index (χ1) is 9.11. The molecule has 0 aliphatic carbocycles. The summed E-state index contributed by atoms with van der Waals surface area (Å²) >= 11 is 6.22. The van der Waals surface area contributed by atoms with Crippen LogP contribution in [0.2, 0.25) is 5.02 Å². The molecule has 1 saturated heterocycles. The molecule has 4 heteroatoms. The first-order valence-corrected chi connectivity index (χ1v) is 7.59. The third-order valence-electron chi connectivity index (χ3n) is 3.97. The van der Waals surface area contributed by atoms with Crippen LogP contribution in [-0.4, -0.2) is 24.6 Å². The number of pyridine rings is 1. The van der Waals surface area contributed by atoms with Crippen molar-refractivity contribution in [2.75, 3.05) is 24.5 Å². The van der Waals surface area contributed by atoms with E-state index in [1.807, 2.05) is 0 Å². The molecule has 0 bridgehead atoms. The Morgan fingerprint density at radius 2 is 2.05 bits per heavy atom. The molecular formula is C15H24ClN3. The topological polar surface area (TPSA) is 28.2 Å². The highest BCUT2D eigenvalue weighted by atomic mass is 35.5. The van der Waals surface area contributed by atoms with Gasteiger partial charge in [-0.1, -0.05) is 32.4 Å². The SMILES string of the molecule is CCCNCc1cc(N2CC(C)C(C)C2)ncc1Cl. The van der Waals surface area contributed by atoms with Gasteiger partial charge in [0, 0.05) is 25.8 Å². The minimum Gasteiger partial charge on any atom is -0.356 e. The highest BCUT2D eigenvalue weighted by Gasteiger charge is 2.27. The minimum atomic E-state index is 0.735. The van der Waals surface area contributed by atoms with Gasteiger partial charge in [-0.25, -0.2) is 4.98 Å². The van der Waals surface area contributed by atoms with E-state index in [1.165, 1.54) is 0 Å². The second-order valence-electron chi connectivity index (χ2n) is 5.67. The van der Waals surface area contributed by atoms with Gasteiger partial charge in [-0.2, -0.15) is 0 Å². The summed E-state index contributed by atoms with van der Waals surface area (Å²) in [5, 5.41) is 4.15. The minimum absolute atomic E-state index is 0.735. The van der Waals surface area contributed by atoms with E-state index in [4.69, 9.17) is 11.6 Å². The molecule has 0 saturated carbocycles. The molecular weight excluding hydrogens is 258 g/mol. The molecule has 0 amide bonds. The van der Waals surface area contributed by atoms with Crippen LogP contribution in [0.15, 0.2) is 12.3 Å². The van der Waals surface area contributed by atoms with Gasteiger partial charge in [-0.3, -0.25) is 0 Å². The molecule has 1 N–H and O–H groups in total. The third-order valence-corrected chi connectivity index (χ3v) is 4.31. The molecule has 1 fully saturated rings. The Labute approximate surface area is 121 Å². The number of halogens is 1. The maximum atomic E-state index is 6.22. The maximum Gasteiger partial charge on any atom is 0.128 e. The maximum absolute atomic E-state index is 6.22. The molecule has 2 rings (SSSR count). The van der Waals surface area contributed by atoms with Gasteiger partial charge in [0.2, 0.25) is 0 Å². The molecule has 1 aromatic heterocycles. The molecule has 2 unspecified atom stereocenters. The quantitative estimate of drug-likeness (QED) is 0.839. The van der Waals surface area contributed by atoms with Crippen molar-refractivity contribution < 1.29 is 0 Å². The van der Waals surface area contributed by atoms with E-state index in [2.05, 4.69) is 42.0 Å². The van der Waals surface area contributed by atoms with Crippen LogP contribution < -0.4 is 10.2 Å². The second kappa shape index (κ2) is 6.58. The number of aromatic nitrogens is 1. The molecule has 3 nitrogen and oxygen atoms in total. The lowest BCUT2D eigenvalue weighted by atomic mass is 10.0. The number of hydrogen-bond donors (Lipinski definition) is 1. The van der Waals surface area contributed by atoms with Crippen molar-refractivity contribution in [2.24, 2.45) is 11.8 Å². The zero-order chi connectivity index (χ0) is 13.8. The van der Waals surface area contributed by atoms with Crippen LogP contribution in [0.1, 0.15) is 32.8 Å². The van der Waals surface area contributed by atoms with E-state index in [1.54, 1.807) is 6.20 Å². The smallest absolute Gasteiger partial charge is 0.128 e. The highest BCUT2D eigenvalue weighted by molar-refractivity contribution is 6.31. The first kappa shape index (κ1) is 14.6. The average molecular weight is 282 g/mol. The van der Waals surface area contributed by atoms with Crippen LogP contribution >= 0.6 is 11.6 Å². The lowest BCUT2D eigenvalue weighted by Gasteiger charge is -2.18. The van der Waals surface area contributed by atoms with Gasteiger partial charge < -0.3 is 10.2 Å². The van der Waals surface area contributed by atoms with Gasteiger partial charge in [0.15, 0.2) is 0 Å². The van der Waals surface area contributed by atoms with Gasteiger partial charge >= 0.3 is 0 Å². The van der Waals surface area contributed by atoms with Crippen molar-refractivity contribution in [3.8, 4) is 0 Å². The summed E-state index contributed by atoms with van der Waals surface area (Å²) < 4.78 is 0. The third kappa shape index (κ3) is 3.61. The van der Waals surface area contributed by atoms with Gasteiger partial charge in [0.05, 0.1) is 5.02 Å². The average Bonchev–Trinajstić information content (AvgIpc) is 2.72. The van der Waals surface area contributed by atoms with Crippen molar-refractivity contribution >= 4 is 17.4 Å². The van der Waals surface area contributed by atoms with E-state index >= 15 is 0 Å². The van der Waals surface area contributed by atoms with E-state index in [0.717, 1.165) is 60.8 Å². The number of hydrogen-bond acceptors (Lipinski definition) is 3. The number of rotatable bonds is 5. The van der Waals surface area contributed by atoms with Gasteiger partial charge in [-0.15, -0.1) is 0 Å². The van der Waals surface area contributed by atoms with Crippen LogP contribution in [0.5, 0.6) is 0 Å². The Balaban J connectivity index is 2.08. The van der Waals surface area contributed by atoms with Gasteiger partial charge in [0.25, 0.3) is 0 Å². The highest BCUT2D eigenvalue weighted by Crippen LogP contribution is 2.28. The largest absolute Gasteiger partial charge is 0.356 e. The predicted molar refractivity (Wildman–Crippen MR) is 81.8 cm³/mol. The normalized spacial score (nSPS) is 23.1. The Morgan fingerprint density at radius 1 is 1.37 bits per heavy atom. The predicted octanol–water partition coefficient (Wildman–Crippen LogP) is 3.33.